The summed E-state index contributed by atoms with van der Waals surface area (Å²) in [7, 11) is -3.69. The van der Waals surface area contributed by atoms with Gasteiger partial charge in [-0.3, -0.25) is 9.59 Å². The molecule has 3 aromatic carbocycles. The van der Waals surface area contributed by atoms with Crippen LogP contribution in [0.2, 0.25) is 5.02 Å². The number of hydrogen-bond acceptors (Lipinski definition) is 5. The molecule has 0 radical (unpaired) electrons. The van der Waals surface area contributed by atoms with Gasteiger partial charge in [-0.1, -0.05) is 72.3 Å². The Bertz CT molecular complexity index is 1390. The Kier molecular flexibility index (Phi) is 9.04. The standard InChI is InChI=1S/C26H25ClN2O7S/c1-37(35,36)29(16-24(30)31)15-18-8-12-20(13-9-18)19-10-6-17(7-11-19)14-23(26(33)34)28-25(32)21-4-2-3-5-22(21)27/h2-13,23H,14-16H2,1H3,(H,28,32)(H,30,31)(H,33,34). The fourth-order valence-corrected chi connectivity index (χ4v) is 4.55. The van der Waals surface area contributed by atoms with Crippen molar-refractivity contribution >= 4 is 39.5 Å². The molecule has 0 heterocycles. The summed E-state index contributed by atoms with van der Waals surface area (Å²) in [6.07, 6.45) is 1.03. The minimum atomic E-state index is -3.69. The van der Waals surface area contributed by atoms with E-state index in [2.05, 4.69) is 5.32 Å². The van der Waals surface area contributed by atoms with Gasteiger partial charge in [0.25, 0.3) is 5.91 Å². The third-order valence-electron chi connectivity index (χ3n) is 5.54. The molecular formula is C26H25ClN2O7S. The fourth-order valence-electron chi connectivity index (χ4n) is 3.60. The Labute approximate surface area is 219 Å². The van der Waals surface area contributed by atoms with E-state index in [0.29, 0.717) is 11.1 Å². The van der Waals surface area contributed by atoms with Gasteiger partial charge < -0.3 is 15.5 Å². The lowest BCUT2D eigenvalue weighted by molar-refractivity contribution is -0.139. The molecule has 3 aromatic rings. The van der Waals surface area contributed by atoms with Crippen molar-refractivity contribution in [2.45, 2.75) is 19.0 Å². The van der Waals surface area contributed by atoms with E-state index in [0.717, 1.165) is 21.7 Å². The van der Waals surface area contributed by atoms with Crippen LogP contribution in [0.5, 0.6) is 0 Å². The predicted molar refractivity (Wildman–Crippen MR) is 139 cm³/mol. The minimum Gasteiger partial charge on any atom is -0.480 e. The Balaban J connectivity index is 1.68. The van der Waals surface area contributed by atoms with E-state index in [1.807, 2.05) is 12.1 Å². The number of amides is 1. The van der Waals surface area contributed by atoms with Crippen LogP contribution in [0.1, 0.15) is 21.5 Å². The van der Waals surface area contributed by atoms with Crippen LogP contribution in [0.25, 0.3) is 11.1 Å². The molecule has 3 rings (SSSR count). The highest BCUT2D eigenvalue weighted by molar-refractivity contribution is 7.88. The average Bonchev–Trinajstić information content (AvgIpc) is 2.83. The zero-order valence-electron chi connectivity index (χ0n) is 19.8. The highest BCUT2D eigenvalue weighted by Crippen LogP contribution is 2.22. The van der Waals surface area contributed by atoms with Gasteiger partial charge in [-0.05, 0) is 34.4 Å². The second-order valence-electron chi connectivity index (χ2n) is 8.37. The number of sulfonamides is 1. The first kappa shape index (κ1) is 27.9. The minimum absolute atomic E-state index is 0.0651. The van der Waals surface area contributed by atoms with Crippen LogP contribution in [0.3, 0.4) is 0 Å². The average molecular weight is 545 g/mol. The summed E-state index contributed by atoms with van der Waals surface area (Å²) in [4.78, 5) is 35.2. The maximum atomic E-state index is 12.5. The Morgan fingerprint density at radius 1 is 0.892 bits per heavy atom. The number of nitrogens with one attached hydrogen (secondary N) is 1. The van der Waals surface area contributed by atoms with E-state index in [4.69, 9.17) is 16.7 Å². The summed E-state index contributed by atoms with van der Waals surface area (Å²) in [6, 6.07) is 19.4. The van der Waals surface area contributed by atoms with Crippen LogP contribution in [-0.4, -0.2) is 59.6 Å². The SMILES string of the molecule is CS(=O)(=O)N(CC(=O)O)Cc1ccc(-c2ccc(CC(NC(=O)c3ccccc3Cl)C(=O)O)cc2)cc1. The van der Waals surface area contributed by atoms with Gasteiger partial charge in [-0.2, -0.15) is 4.31 Å². The normalized spacial score (nSPS) is 12.2. The van der Waals surface area contributed by atoms with E-state index in [1.165, 1.54) is 6.07 Å². The Hall–Kier alpha value is -3.73. The number of carbonyl (C=O) groups excluding carboxylic acids is 1. The molecule has 11 heteroatoms. The second kappa shape index (κ2) is 12.0. The summed E-state index contributed by atoms with van der Waals surface area (Å²) in [5.41, 5.74) is 3.20. The van der Waals surface area contributed by atoms with Crippen molar-refractivity contribution in [2.24, 2.45) is 0 Å². The molecule has 1 unspecified atom stereocenters. The topological polar surface area (TPSA) is 141 Å². The molecule has 0 bridgehead atoms. The van der Waals surface area contributed by atoms with Crippen molar-refractivity contribution in [3.05, 3.63) is 94.5 Å². The lowest BCUT2D eigenvalue weighted by atomic mass is 9.99. The van der Waals surface area contributed by atoms with Crippen LogP contribution in [-0.2, 0) is 32.6 Å². The van der Waals surface area contributed by atoms with Crippen molar-refractivity contribution < 1.29 is 33.0 Å². The second-order valence-corrected chi connectivity index (χ2v) is 10.8. The number of hydrogen-bond donors (Lipinski definition) is 3. The van der Waals surface area contributed by atoms with E-state index in [9.17, 15) is 27.9 Å². The largest absolute Gasteiger partial charge is 0.480 e. The first-order valence-corrected chi connectivity index (χ1v) is 13.3. The number of carboxylic acid groups (broad SMARTS) is 2. The Morgan fingerprint density at radius 3 is 1.92 bits per heavy atom. The van der Waals surface area contributed by atoms with Gasteiger partial charge in [0.1, 0.15) is 12.6 Å². The summed E-state index contributed by atoms with van der Waals surface area (Å²) in [6.45, 7) is -0.695. The predicted octanol–water partition coefficient (Wildman–Crippen LogP) is 3.28. The molecule has 0 aromatic heterocycles. The zero-order chi connectivity index (χ0) is 27.2. The van der Waals surface area contributed by atoms with Gasteiger partial charge in [0.15, 0.2) is 0 Å². The molecule has 0 aliphatic carbocycles. The lowest BCUT2D eigenvalue weighted by Crippen LogP contribution is -2.42. The first-order valence-electron chi connectivity index (χ1n) is 11.1. The molecule has 0 fully saturated rings. The number of halogens is 1. The number of aliphatic carboxylic acids is 2. The highest BCUT2D eigenvalue weighted by Gasteiger charge is 2.22. The fraction of sp³-hybridized carbons (Fsp3) is 0.192. The summed E-state index contributed by atoms with van der Waals surface area (Å²) < 4.78 is 24.6. The van der Waals surface area contributed by atoms with Gasteiger partial charge >= 0.3 is 11.9 Å². The molecule has 3 N–H and O–H groups in total. The van der Waals surface area contributed by atoms with Gasteiger partial charge in [0, 0.05) is 13.0 Å². The number of carbonyl (C=O) groups is 3. The van der Waals surface area contributed by atoms with Crippen molar-refractivity contribution in [1.29, 1.82) is 0 Å². The van der Waals surface area contributed by atoms with Gasteiger partial charge in [-0.25, -0.2) is 13.2 Å². The van der Waals surface area contributed by atoms with Crippen LogP contribution < -0.4 is 5.32 Å². The molecule has 0 aliphatic heterocycles. The molecule has 0 saturated heterocycles. The van der Waals surface area contributed by atoms with E-state index in [1.54, 1.807) is 54.6 Å². The van der Waals surface area contributed by atoms with E-state index in [-0.39, 0.29) is 23.6 Å². The van der Waals surface area contributed by atoms with Gasteiger partial charge in [0.05, 0.1) is 16.8 Å². The zero-order valence-corrected chi connectivity index (χ0v) is 21.4. The maximum absolute atomic E-state index is 12.5. The van der Waals surface area contributed by atoms with Crippen molar-refractivity contribution in [3.63, 3.8) is 0 Å². The molecule has 0 aliphatic rings. The molecule has 194 valence electrons. The molecule has 1 amide bonds. The maximum Gasteiger partial charge on any atom is 0.326 e. The third-order valence-corrected chi connectivity index (χ3v) is 7.07. The number of nitrogens with zero attached hydrogens (tertiary/aromatic N) is 1. The number of benzene rings is 3. The smallest absolute Gasteiger partial charge is 0.326 e. The molecule has 1 atom stereocenters. The molecule has 37 heavy (non-hydrogen) atoms. The van der Waals surface area contributed by atoms with E-state index < -0.39 is 40.5 Å². The van der Waals surface area contributed by atoms with Crippen LogP contribution in [0.15, 0.2) is 72.8 Å². The monoisotopic (exact) mass is 544 g/mol. The number of carboxylic acids is 2. The molecule has 0 saturated carbocycles. The molecule has 9 nitrogen and oxygen atoms in total. The van der Waals surface area contributed by atoms with Crippen LogP contribution in [0.4, 0.5) is 0 Å². The summed E-state index contributed by atoms with van der Waals surface area (Å²) in [5.74, 6) is -2.99. The quantitative estimate of drug-likeness (QED) is 0.336. The lowest BCUT2D eigenvalue weighted by Gasteiger charge is -2.18. The highest BCUT2D eigenvalue weighted by atomic mass is 35.5. The molecular weight excluding hydrogens is 520 g/mol. The van der Waals surface area contributed by atoms with Gasteiger partial charge in [-0.15, -0.1) is 0 Å². The third kappa shape index (κ3) is 7.88. The van der Waals surface area contributed by atoms with Crippen LogP contribution >= 0.6 is 11.6 Å². The number of rotatable bonds is 11. The van der Waals surface area contributed by atoms with E-state index >= 15 is 0 Å². The van der Waals surface area contributed by atoms with Crippen molar-refractivity contribution in [2.75, 3.05) is 12.8 Å². The first-order chi connectivity index (χ1) is 17.4. The van der Waals surface area contributed by atoms with Crippen molar-refractivity contribution in [3.8, 4) is 11.1 Å². The summed E-state index contributed by atoms with van der Waals surface area (Å²) >= 11 is 6.03. The Morgan fingerprint density at radius 2 is 1.43 bits per heavy atom. The van der Waals surface area contributed by atoms with Crippen molar-refractivity contribution in [1.82, 2.24) is 9.62 Å². The van der Waals surface area contributed by atoms with Crippen LogP contribution in [0, 0.1) is 0 Å². The molecule has 0 spiro atoms. The summed E-state index contributed by atoms with van der Waals surface area (Å²) in [5, 5.41) is 21.3. The van der Waals surface area contributed by atoms with Gasteiger partial charge in [0.2, 0.25) is 10.0 Å².